The molecule has 0 fully saturated rings. The van der Waals surface area contributed by atoms with E-state index in [9.17, 15) is 9.18 Å². The molecule has 0 amide bonds. The third-order valence-corrected chi connectivity index (χ3v) is 3.97. The van der Waals surface area contributed by atoms with Gasteiger partial charge in [0.1, 0.15) is 11.5 Å². The van der Waals surface area contributed by atoms with Crippen molar-refractivity contribution in [2.45, 2.75) is 13.5 Å². The summed E-state index contributed by atoms with van der Waals surface area (Å²) in [7, 11) is 1.83. The van der Waals surface area contributed by atoms with Crippen LogP contribution in [0, 0.1) is 12.7 Å². The van der Waals surface area contributed by atoms with Crippen molar-refractivity contribution in [3.8, 4) is 5.69 Å². The molecule has 3 aromatic rings. The van der Waals surface area contributed by atoms with Crippen molar-refractivity contribution in [1.29, 1.82) is 0 Å². The fourth-order valence-corrected chi connectivity index (χ4v) is 2.60. The highest BCUT2D eigenvalue weighted by atomic mass is 19.1. The van der Waals surface area contributed by atoms with Gasteiger partial charge in [0, 0.05) is 19.2 Å². The zero-order valence-corrected chi connectivity index (χ0v) is 13.1. The van der Waals surface area contributed by atoms with Crippen LogP contribution in [-0.4, -0.2) is 9.36 Å². The summed E-state index contributed by atoms with van der Waals surface area (Å²) >= 11 is 0. The standard InChI is InChI=1S/C18H18FN3O/c1-13-17(20-12-14-8-6-7-11-16(14)19)18(23)22(21(13)2)15-9-4-3-5-10-15/h3-11,20H,12H2,1-2H3. The van der Waals surface area contributed by atoms with E-state index in [1.165, 1.54) is 6.07 Å². The Kier molecular flexibility index (Phi) is 4.02. The Labute approximate surface area is 133 Å². The molecule has 0 bridgehead atoms. The molecular weight excluding hydrogens is 293 g/mol. The monoisotopic (exact) mass is 311 g/mol. The maximum absolute atomic E-state index is 13.7. The number of para-hydroxylation sites is 1. The molecule has 0 saturated carbocycles. The molecule has 118 valence electrons. The van der Waals surface area contributed by atoms with Crippen molar-refractivity contribution in [2.75, 3.05) is 5.32 Å². The topological polar surface area (TPSA) is 39.0 Å². The quantitative estimate of drug-likeness (QED) is 0.803. The van der Waals surface area contributed by atoms with Crippen LogP contribution in [-0.2, 0) is 13.6 Å². The molecule has 0 unspecified atom stereocenters. The van der Waals surface area contributed by atoms with E-state index in [1.54, 1.807) is 27.6 Å². The highest BCUT2D eigenvalue weighted by Crippen LogP contribution is 2.15. The van der Waals surface area contributed by atoms with Gasteiger partial charge in [0.25, 0.3) is 5.56 Å². The fourth-order valence-electron chi connectivity index (χ4n) is 2.60. The van der Waals surface area contributed by atoms with E-state index in [4.69, 9.17) is 0 Å². The molecule has 1 heterocycles. The normalized spacial score (nSPS) is 10.7. The predicted octanol–water partition coefficient (Wildman–Crippen LogP) is 3.24. The molecular formula is C18H18FN3O. The molecule has 0 atom stereocenters. The van der Waals surface area contributed by atoms with Crippen molar-refractivity contribution < 1.29 is 4.39 Å². The first-order valence-electron chi connectivity index (χ1n) is 7.41. The average Bonchev–Trinajstić information content (AvgIpc) is 2.78. The van der Waals surface area contributed by atoms with Gasteiger partial charge in [-0.1, -0.05) is 36.4 Å². The van der Waals surface area contributed by atoms with Crippen LogP contribution < -0.4 is 10.9 Å². The smallest absolute Gasteiger partial charge is 0.295 e. The van der Waals surface area contributed by atoms with E-state index in [-0.39, 0.29) is 17.9 Å². The lowest BCUT2D eigenvalue weighted by Crippen LogP contribution is -2.21. The number of nitrogens with zero attached hydrogens (tertiary/aromatic N) is 2. The summed E-state index contributed by atoms with van der Waals surface area (Å²) < 4.78 is 17.1. The Morgan fingerprint density at radius 2 is 1.70 bits per heavy atom. The summed E-state index contributed by atoms with van der Waals surface area (Å²) in [6.07, 6.45) is 0. The third-order valence-electron chi connectivity index (χ3n) is 3.97. The largest absolute Gasteiger partial charge is 0.375 e. The maximum atomic E-state index is 13.7. The van der Waals surface area contributed by atoms with Crippen molar-refractivity contribution in [2.24, 2.45) is 7.05 Å². The molecule has 0 aliphatic heterocycles. The minimum absolute atomic E-state index is 0.146. The van der Waals surface area contributed by atoms with Gasteiger partial charge >= 0.3 is 0 Å². The first-order valence-corrected chi connectivity index (χ1v) is 7.41. The molecule has 3 rings (SSSR count). The van der Waals surface area contributed by atoms with Crippen molar-refractivity contribution in [3.63, 3.8) is 0 Å². The van der Waals surface area contributed by atoms with Gasteiger partial charge in [-0.15, -0.1) is 0 Å². The van der Waals surface area contributed by atoms with Gasteiger partial charge < -0.3 is 5.32 Å². The molecule has 23 heavy (non-hydrogen) atoms. The van der Waals surface area contributed by atoms with Gasteiger partial charge in [0.2, 0.25) is 0 Å². The Morgan fingerprint density at radius 3 is 2.39 bits per heavy atom. The van der Waals surface area contributed by atoms with E-state index in [2.05, 4.69) is 5.32 Å². The van der Waals surface area contributed by atoms with E-state index in [0.29, 0.717) is 11.3 Å². The van der Waals surface area contributed by atoms with Crippen molar-refractivity contribution in [3.05, 3.63) is 82.0 Å². The molecule has 1 aromatic heterocycles. The van der Waals surface area contributed by atoms with Crippen molar-refractivity contribution >= 4 is 5.69 Å². The second-order valence-electron chi connectivity index (χ2n) is 5.38. The summed E-state index contributed by atoms with van der Waals surface area (Å²) in [4.78, 5) is 12.7. The number of hydrogen-bond acceptors (Lipinski definition) is 2. The summed E-state index contributed by atoms with van der Waals surface area (Å²) in [6.45, 7) is 2.13. The first kappa shape index (κ1) is 15.1. The average molecular weight is 311 g/mol. The highest BCUT2D eigenvalue weighted by molar-refractivity contribution is 5.49. The Morgan fingerprint density at radius 1 is 1.04 bits per heavy atom. The van der Waals surface area contributed by atoms with Gasteiger partial charge in [-0.05, 0) is 25.1 Å². The molecule has 5 heteroatoms. The lowest BCUT2D eigenvalue weighted by Gasteiger charge is -2.07. The fraction of sp³-hybridized carbons (Fsp3) is 0.167. The van der Waals surface area contributed by atoms with Gasteiger partial charge in [0.15, 0.2) is 0 Å². The Balaban J connectivity index is 1.95. The molecule has 0 aliphatic carbocycles. The van der Waals surface area contributed by atoms with Gasteiger partial charge in [-0.2, -0.15) is 0 Å². The molecule has 0 radical (unpaired) electrons. The highest BCUT2D eigenvalue weighted by Gasteiger charge is 2.15. The lowest BCUT2D eigenvalue weighted by atomic mass is 10.2. The Bertz CT molecular complexity index is 881. The number of halogens is 1. The molecule has 0 saturated heterocycles. The maximum Gasteiger partial charge on any atom is 0.295 e. The molecule has 1 N–H and O–H groups in total. The minimum Gasteiger partial charge on any atom is -0.375 e. The predicted molar refractivity (Wildman–Crippen MR) is 89.5 cm³/mol. The van der Waals surface area contributed by atoms with Crippen LogP contribution in [0.1, 0.15) is 11.3 Å². The zero-order chi connectivity index (χ0) is 16.4. The number of anilines is 1. The summed E-state index contributed by atoms with van der Waals surface area (Å²) in [6, 6.07) is 16.0. The number of aromatic nitrogens is 2. The van der Waals surface area contributed by atoms with E-state index in [1.807, 2.05) is 44.3 Å². The summed E-state index contributed by atoms with van der Waals surface area (Å²) in [5.41, 5.74) is 2.46. The minimum atomic E-state index is -0.281. The molecule has 2 aromatic carbocycles. The molecule has 0 spiro atoms. The van der Waals surface area contributed by atoms with Crippen molar-refractivity contribution in [1.82, 2.24) is 9.36 Å². The number of nitrogens with one attached hydrogen (secondary N) is 1. The number of rotatable bonds is 4. The molecule has 4 nitrogen and oxygen atoms in total. The number of hydrogen-bond donors (Lipinski definition) is 1. The van der Waals surface area contributed by atoms with Gasteiger partial charge in [-0.25, -0.2) is 9.07 Å². The van der Waals surface area contributed by atoms with Crippen LogP contribution in [0.3, 0.4) is 0 Å². The third kappa shape index (κ3) is 2.77. The second-order valence-corrected chi connectivity index (χ2v) is 5.38. The number of benzene rings is 2. The summed E-state index contributed by atoms with van der Waals surface area (Å²) in [5.74, 6) is -0.281. The van der Waals surface area contributed by atoms with E-state index < -0.39 is 0 Å². The van der Waals surface area contributed by atoms with Crippen LogP contribution in [0.15, 0.2) is 59.4 Å². The second kappa shape index (κ2) is 6.12. The SMILES string of the molecule is Cc1c(NCc2ccccc2F)c(=O)n(-c2ccccc2)n1C. The van der Waals surface area contributed by atoms with Gasteiger partial charge in [0.05, 0.1) is 11.4 Å². The molecule has 0 aliphatic rings. The first-order chi connectivity index (χ1) is 11.1. The van der Waals surface area contributed by atoms with Crippen LogP contribution in [0.5, 0.6) is 0 Å². The van der Waals surface area contributed by atoms with E-state index in [0.717, 1.165) is 11.4 Å². The van der Waals surface area contributed by atoms with E-state index >= 15 is 0 Å². The van der Waals surface area contributed by atoms with Crippen LogP contribution in [0.25, 0.3) is 5.69 Å². The van der Waals surface area contributed by atoms with Crippen LogP contribution >= 0.6 is 0 Å². The zero-order valence-electron chi connectivity index (χ0n) is 13.1. The van der Waals surface area contributed by atoms with Crippen LogP contribution in [0.2, 0.25) is 0 Å². The summed E-state index contributed by atoms with van der Waals surface area (Å²) in [5, 5.41) is 3.08. The Hall–Kier alpha value is -2.82. The van der Waals surface area contributed by atoms with Crippen LogP contribution in [0.4, 0.5) is 10.1 Å². The lowest BCUT2D eigenvalue weighted by molar-refractivity contribution is 0.613. The van der Waals surface area contributed by atoms with Gasteiger partial charge in [-0.3, -0.25) is 9.48 Å².